The van der Waals surface area contributed by atoms with Gasteiger partial charge in [0.15, 0.2) is 0 Å². The summed E-state index contributed by atoms with van der Waals surface area (Å²) in [6, 6.07) is 0. The van der Waals surface area contributed by atoms with E-state index in [1.807, 2.05) is 0 Å². The number of nitrogens with zero attached hydrogens (tertiary/aromatic N) is 1. The minimum atomic E-state index is -0.907. The van der Waals surface area contributed by atoms with Gasteiger partial charge in [0.25, 0.3) is 0 Å². The predicted molar refractivity (Wildman–Crippen MR) is 92.7 cm³/mol. The van der Waals surface area contributed by atoms with Gasteiger partial charge in [-0.1, -0.05) is 19.3 Å². The zero-order chi connectivity index (χ0) is 18.9. The van der Waals surface area contributed by atoms with Crippen LogP contribution in [0.25, 0.3) is 0 Å². The van der Waals surface area contributed by atoms with E-state index in [0.29, 0.717) is 13.1 Å². The van der Waals surface area contributed by atoms with E-state index >= 15 is 0 Å². The van der Waals surface area contributed by atoms with Crippen LogP contribution in [0.5, 0.6) is 0 Å². The Hall–Kier alpha value is -2.07. The molecule has 7 N–H and O–H groups in total. The number of hydrogen-bond acceptors (Lipinski definition) is 7. The van der Waals surface area contributed by atoms with Gasteiger partial charge in [0.1, 0.15) is 19.8 Å². The first-order chi connectivity index (χ1) is 12.0. The number of carbonyl (C=O) groups excluding carboxylic acids is 3. The fourth-order valence-corrected chi connectivity index (χ4v) is 2.02. The van der Waals surface area contributed by atoms with Crippen LogP contribution in [0, 0.1) is 0 Å². The fraction of sp³-hybridized carbons (Fsp3) is 0.800. The van der Waals surface area contributed by atoms with E-state index < -0.39 is 12.2 Å². The van der Waals surface area contributed by atoms with E-state index in [9.17, 15) is 14.4 Å². The molecule has 0 bridgehead atoms. The number of primary amides is 1. The Morgan fingerprint density at radius 2 is 1.56 bits per heavy atom. The molecule has 0 saturated carbocycles. The SMILES string of the molecule is NCCCCCCCN(CC(=O)NCCOC(N)=O)C(=O)OCCN. The van der Waals surface area contributed by atoms with Gasteiger partial charge in [-0.2, -0.15) is 0 Å². The highest BCUT2D eigenvalue weighted by Gasteiger charge is 2.18. The van der Waals surface area contributed by atoms with Gasteiger partial charge in [0.2, 0.25) is 5.91 Å². The minimum absolute atomic E-state index is 0.0279. The maximum absolute atomic E-state index is 12.0. The topological polar surface area (TPSA) is 163 Å². The molecule has 0 aromatic heterocycles. The molecule has 0 aromatic rings. The third-order valence-corrected chi connectivity index (χ3v) is 3.24. The van der Waals surface area contributed by atoms with Gasteiger partial charge in [-0.15, -0.1) is 0 Å². The van der Waals surface area contributed by atoms with Crippen LogP contribution >= 0.6 is 0 Å². The highest BCUT2D eigenvalue weighted by atomic mass is 16.6. The summed E-state index contributed by atoms with van der Waals surface area (Å²) in [5.74, 6) is -0.374. The number of hydrogen-bond donors (Lipinski definition) is 4. The molecule has 0 fully saturated rings. The quantitative estimate of drug-likeness (QED) is 0.303. The first-order valence-corrected chi connectivity index (χ1v) is 8.52. The second kappa shape index (κ2) is 15.5. The maximum Gasteiger partial charge on any atom is 0.410 e. The summed E-state index contributed by atoms with van der Waals surface area (Å²) in [4.78, 5) is 35.6. The van der Waals surface area contributed by atoms with Crippen molar-refractivity contribution in [2.75, 3.05) is 45.9 Å². The maximum atomic E-state index is 12.0. The van der Waals surface area contributed by atoms with Crippen molar-refractivity contribution in [1.29, 1.82) is 0 Å². The van der Waals surface area contributed by atoms with E-state index in [2.05, 4.69) is 10.1 Å². The van der Waals surface area contributed by atoms with Crippen LogP contribution < -0.4 is 22.5 Å². The number of ether oxygens (including phenoxy) is 2. The van der Waals surface area contributed by atoms with Gasteiger partial charge in [0.05, 0.1) is 6.54 Å². The molecule has 0 aromatic carbocycles. The molecule has 10 nitrogen and oxygen atoms in total. The van der Waals surface area contributed by atoms with Crippen molar-refractivity contribution in [3.8, 4) is 0 Å². The Kier molecular flexibility index (Phi) is 14.2. The van der Waals surface area contributed by atoms with Crippen molar-refractivity contribution in [3.05, 3.63) is 0 Å². The lowest BCUT2D eigenvalue weighted by molar-refractivity contribution is -0.122. The number of nitrogens with two attached hydrogens (primary N) is 3. The molecule has 146 valence electrons. The summed E-state index contributed by atoms with van der Waals surface area (Å²) in [7, 11) is 0. The third-order valence-electron chi connectivity index (χ3n) is 3.24. The summed E-state index contributed by atoms with van der Waals surface area (Å²) < 4.78 is 9.49. The Morgan fingerprint density at radius 1 is 0.880 bits per heavy atom. The van der Waals surface area contributed by atoms with Crippen LogP contribution in [0.3, 0.4) is 0 Å². The Morgan fingerprint density at radius 3 is 2.20 bits per heavy atom. The molecular formula is C15H31N5O5. The zero-order valence-electron chi connectivity index (χ0n) is 14.7. The van der Waals surface area contributed by atoms with Crippen molar-refractivity contribution in [2.45, 2.75) is 32.1 Å². The second-order valence-corrected chi connectivity index (χ2v) is 5.40. The zero-order valence-corrected chi connectivity index (χ0v) is 14.7. The van der Waals surface area contributed by atoms with E-state index in [0.717, 1.165) is 32.1 Å². The molecule has 0 saturated heterocycles. The first kappa shape index (κ1) is 22.9. The van der Waals surface area contributed by atoms with Gasteiger partial charge in [-0.25, -0.2) is 9.59 Å². The minimum Gasteiger partial charge on any atom is -0.448 e. The van der Waals surface area contributed by atoms with Crippen LogP contribution in [0.15, 0.2) is 0 Å². The Bertz CT molecular complexity index is 395. The fourth-order valence-electron chi connectivity index (χ4n) is 2.02. The number of unbranched alkanes of at least 4 members (excludes halogenated alkanes) is 4. The molecule has 0 aliphatic heterocycles. The van der Waals surface area contributed by atoms with Gasteiger partial charge in [-0.3, -0.25) is 9.69 Å². The van der Waals surface area contributed by atoms with E-state index in [1.165, 1.54) is 4.90 Å². The van der Waals surface area contributed by atoms with Crippen LogP contribution in [0.4, 0.5) is 9.59 Å². The van der Waals surface area contributed by atoms with Crippen molar-refractivity contribution in [2.24, 2.45) is 17.2 Å². The van der Waals surface area contributed by atoms with Crippen LogP contribution in [0.1, 0.15) is 32.1 Å². The second-order valence-electron chi connectivity index (χ2n) is 5.40. The average molecular weight is 361 g/mol. The molecule has 0 aliphatic rings. The van der Waals surface area contributed by atoms with Crippen molar-refractivity contribution in [3.63, 3.8) is 0 Å². The van der Waals surface area contributed by atoms with Crippen molar-refractivity contribution < 1.29 is 23.9 Å². The summed E-state index contributed by atoms with van der Waals surface area (Å²) in [6.07, 6.45) is 3.29. The summed E-state index contributed by atoms with van der Waals surface area (Å²) in [6.45, 7) is 1.36. The van der Waals surface area contributed by atoms with E-state index in [1.54, 1.807) is 0 Å². The largest absolute Gasteiger partial charge is 0.448 e. The summed E-state index contributed by atoms with van der Waals surface area (Å²) in [5, 5.41) is 2.54. The highest BCUT2D eigenvalue weighted by molar-refractivity contribution is 5.82. The molecule has 25 heavy (non-hydrogen) atoms. The Balaban J connectivity index is 4.21. The lowest BCUT2D eigenvalue weighted by Gasteiger charge is -2.21. The van der Waals surface area contributed by atoms with Crippen molar-refractivity contribution >= 4 is 18.1 Å². The van der Waals surface area contributed by atoms with E-state index in [-0.39, 0.29) is 38.8 Å². The molecule has 0 atom stereocenters. The standard InChI is InChI=1S/C15H31N5O5/c16-6-4-2-1-3-5-9-20(15(23)25-10-7-17)12-13(21)19-8-11-24-14(18)22/h1-12,16-17H2,(H2,18,22)(H,19,21). The number of nitrogens with one attached hydrogen (secondary N) is 1. The van der Waals surface area contributed by atoms with Gasteiger partial charge in [-0.05, 0) is 19.4 Å². The number of carbonyl (C=O) groups is 3. The van der Waals surface area contributed by atoms with Gasteiger partial charge >= 0.3 is 12.2 Å². The lowest BCUT2D eigenvalue weighted by atomic mass is 10.1. The van der Waals surface area contributed by atoms with Crippen LogP contribution in [-0.2, 0) is 14.3 Å². The predicted octanol–water partition coefficient (Wildman–Crippen LogP) is -0.496. The smallest absolute Gasteiger partial charge is 0.410 e. The molecule has 0 rings (SSSR count). The first-order valence-electron chi connectivity index (χ1n) is 8.52. The monoisotopic (exact) mass is 361 g/mol. The molecule has 0 aliphatic carbocycles. The molecule has 0 radical (unpaired) electrons. The molecular weight excluding hydrogens is 330 g/mol. The third kappa shape index (κ3) is 14.0. The van der Waals surface area contributed by atoms with Crippen LogP contribution in [0.2, 0.25) is 0 Å². The highest BCUT2D eigenvalue weighted by Crippen LogP contribution is 2.05. The molecule has 0 unspecified atom stereocenters. The molecule has 0 spiro atoms. The lowest BCUT2D eigenvalue weighted by Crippen LogP contribution is -2.42. The van der Waals surface area contributed by atoms with Gasteiger partial charge in [0, 0.05) is 13.1 Å². The molecule has 3 amide bonds. The van der Waals surface area contributed by atoms with Gasteiger partial charge < -0.3 is 32.0 Å². The normalized spacial score (nSPS) is 10.2. The summed E-state index contributed by atoms with van der Waals surface area (Å²) in [5.41, 5.74) is 15.6. The molecule has 10 heteroatoms. The van der Waals surface area contributed by atoms with Crippen molar-refractivity contribution in [1.82, 2.24) is 10.2 Å². The van der Waals surface area contributed by atoms with Crippen LogP contribution in [-0.4, -0.2) is 68.9 Å². The summed E-state index contributed by atoms with van der Waals surface area (Å²) >= 11 is 0. The molecule has 0 heterocycles. The number of amides is 3. The Labute approximate surface area is 148 Å². The average Bonchev–Trinajstić information content (AvgIpc) is 2.58. The van der Waals surface area contributed by atoms with E-state index in [4.69, 9.17) is 21.9 Å². The number of rotatable bonds is 14.